The van der Waals surface area contributed by atoms with Crippen molar-refractivity contribution in [2.24, 2.45) is 11.8 Å². The normalized spacial score (nSPS) is 21.7. The number of aromatic nitrogens is 5. The Morgan fingerprint density at radius 1 is 1.08 bits per heavy atom. The van der Waals surface area contributed by atoms with E-state index in [4.69, 9.17) is 21.3 Å². The van der Waals surface area contributed by atoms with Gasteiger partial charge in [-0.1, -0.05) is 61.7 Å². The SMILES string of the molecule is C[C@H]1CC[C@H](Cn2c(N3CCOC[C@H]3c3ccccc3)nc3nc(C#N)nc(-n4cc(Cl)ccc4=O)c32)CC1. The van der Waals surface area contributed by atoms with E-state index in [1.54, 1.807) is 6.07 Å². The summed E-state index contributed by atoms with van der Waals surface area (Å²) in [5.74, 6) is 2.20. The van der Waals surface area contributed by atoms with Gasteiger partial charge in [-0.25, -0.2) is 0 Å². The van der Waals surface area contributed by atoms with E-state index in [0.29, 0.717) is 47.7 Å². The Morgan fingerprint density at radius 3 is 2.64 bits per heavy atom. The number of imidazole rings is 1. The lowest BCUT2D eigenvalue weighted by molar-refractivity contribution is 0.0927. The molecule has 2 aliphatic rings. The van der Waals surface area contributed by atoms with Crippen LogP contribution in [0.2, 0.25) is 5.02 Å². The number of fused-ring (bicyclic) bond motifs is 1. The van der Waals surface area contributed by atoms with Crippen molar-refractivity contribution in [1.29, 1.82) is 5.26 Å². The van der Waals surface area contributed by atoms with Crippen LogP contribution in [-0.4, -0.2) is 43.8 Å². The van der Waals surface area contributed by atoms with E-state index in [-0.39, 0.29) is 17.4 Å². The molecule has 10 heteroatoms. The van der Waals surface area contributed by atoms with Gasteiger partial charge in [0.05, 0.1) is 24.3 Å². The van der Waals surface area contributed by atoms with Crippen LogP contribution in [0.3, 0.4) is 0 Å². The fraction of sp³-hybridized carbons (Fsp3) is 0.414. The lowest BCUT2D eigenvalue weighted by atomic mass is 9.83. The van der Waals surface area contributed by atoms with E-state index in [0.717, 1.165) is 36.8 Å². The molecule has 0 radical (unpaired) electrons. The molecule has 0 bridgehead atoms. The number of ether oxygens (including phenoxy) is 1. The Kier molecular flexibility index (Phi) is 7.07. The van der Waals surface area contributed by atoms with Crippen molar-refractivity contribution < 1.29 is 4.74 Å². The number of morpholine rings is 1. The van der Waals surface area contributed by atoms with Gasteiger partial charge >= 0.3 is 0 Å². The highest BCUT2D eigenvalue weighted by molar-refractivity contribution is 6.30. The van der Waals surface area contributed by atoms with Crippen molar-refractivity contribution in [2.75, 3.05) is 24.7 Å². The van der Waals surface area contributed by atoms with Gasteiger partial charge in [-0.2, -0.15) is 20.2 Å². The third kappa shape index (κ3) is 5.02. The summed E-state index contributed by atoms with van der Waals surface area (Å²) in [7, 11) is 0. The smallest absolute Gasteiger partial charge is 0.256 e. The minimum absolute atomic E-state index is 0.0392. The number of anilines is 1. The molecule has 2 fully saturated rings. The Balaban J connectivity index is 1.57. The van der Waals surface area contributed by atoms with Crippen LogP contribution in [0, 0.1) is 23.2 Å². The van der Waals surface area contributed by atoms with Crippen LogP contribution in [0.1, 0.15) is 50.0 Å². The Bertz CT molecular complexity index is 1590. The van der Waals surface area contributed by atoms with Crippen LogP contribution in [0.5, 0.6) is 0 Å². The van der Waals surface area contributed by atoms with Crippen molar-refractivity contribution in [2.45, 2.75) is 45.2 Å². The van der Waals surface area contributed by atoms with Crippen molar-refractivity contribution in [3.8, 4) is 11.9 Å². The molecule has 9 nitrogen and oxygen atoms in total. The molecule has 0 unspecified atom stereocenters. The molecular formula is C29H30ClN7O2. The minimum Gasteiger partial charge on any atom is -0.377 e. The van der Waals surface area contributed by atoms with Crippen LogP contribution >= 0.6 is 11.6 Å². The molecule has 39 heavy (non-hydrogen) atoms. The minimum atomic E-state index is -0.294. The second-order valence-corrected chi connectivity index (χ2v) is 11.0. The molecule has 4 aromatic rings. The van der Waals surface area contributed by atoms with Gasteiger partial charge in [0.2, 0.25) is 11.8 Å². The summed E-state index contributed by atoms with van der Waals surface area (Å²) < 4.78 is 9.48. The first-order valence-corrected chi connectivity index (χ1v) is 13.9. The van der Waals surface area contributed by atoms with Gasteiger partial charge in [-0.3, -0.25) is 9.36 Å². The van der Waals surface area contributed by atoms with E-state index >= 15 is 0 Å². The maximum atomic E-state index is 13.0. The van der Waals surface area contributed by atoms with Gasteiger partial charge in [0.25, 0.3) is 5.56 Å². The second kappa shape index (κ2) is 10.8. The average molecular weight is 544 g/mol. The third-order valence-corrected chi connectivity index (χ3v) is 8.14. The predicted molar refractivity (Wildman–Crippen MR) is 149 cm³/mol. The summed E-state index contributed by atoms with van der Waals surface area (Å²) in [6.07, 6.45) is 6.15. The zero-order valence-corrected chi connectivity index (χ0v) is 22.6. The molecule has 4 heterocycles. The summed E-state index contributed by atoms with van der Waals surface area (Å²) in [4.78, 5) is 29.3. The van der Waals surface area contributed by atoms with Crippen molar-refractivity contribution >= 4 is 28.7 Å². The van der Waals surface area contributed by atoms with E-state index in [1.165, 1.54) is 29.7 Å². The molecular weight excluding hydrogens is 514 g/mol. The molecule has 6 rings (SSSR count). The molecule has 200 valence electrons. The zero-order chi connectivity index (χ0) is 26.9. The molecule has 1 aliphatic heterocycles. The van der Waals surface area contributed by atoms with Crippen molar-refractivity contribution in [3.05, 3.63) is 75.4 Å². The summed E-state index contributed by atoms with van der Waals surface area (Å²) in [5.41, 5.74) is 1.86. The first-order valence-electron chi connectivity index (χ1n) is 13.5. The first kappa shape index (κ1) is 25.5. The molecule has 1 atom stereocenters. The topological polar surface area (TPSA) is 102 Å². The molecule has 3 aromatic heterocycles. The largest absolute Gasteiger partial charge is 0.377 e. The van der Waals surface area contributed by atoms with Crippen LogP contribution in [-0.2, 0) is 11.3 Å². The summed E-state index contributed by atoms with van der Waals surface area (Å²) >= 11 is 6.30. The lowest BCUT2D eigenvalue weighted by Gasteiger charge is -2.37. The monoisotopic (exact) mass is 543 g/mol. The highest BCUT2D eigenvalue weighted by Gasteiger charge is 2.32. The Hall–Kier alpha value is -3.74. The van der Waals surface area contributed by atoms with E-state index in [1.807, 2.05) is 24.3 Å². The van der Waals surface area contributed by atoms with Gasteiger partial charge in [0.15, 0.2) is 11.5 Å². The summed E-state index contributed by atoms with van der Waals surface area (Å²) in [6, 6.07) is 15.2. The highest BCUT2D eigenvalue weighted by atomic mass is 35.5. The third-order valence-electron chi connectivity index (χ3n) is 7.91. The lowest BCUT2D eigenvalue weighted by Crippen LogP contribution is -2.41. The number of nitrogens with zero attached hydrogens (tertiary/aromatic N) is 7. The van der Waals surface area contributed by atoms with Crippen LogP contribution in [0.15, 0.2) is 53.5 Å². The second-order valence-electron chi connectivity index (χ2n) is 10.6. The van der Waals surface area contributed by atoms with Crippen LogP contribution in [0.25, 0.3) is 17.0 Å². The van der Waals surface area contributed by atoms with Gasteiger partial charge in [0.1, 0.15) is 11.6 Å². The quantitative estimate of drug-likeness (QED) is 0.352. The van der Waals surface area contributed by atoms with Crippen LogP contribution < -0.4 is 10.5 Å². The van der Waals surface area contributed by atoms with Crippen molar-refractivity contribution in [1.82, 2.24) is 24.1 Å². The van der Waals surface area contributed by atoms with E-state index in [9.17, 15) is 10.1 Å². The molecule has 1 aliphatic carbocycles. The Morgan fingerprint density at radius 2 is 1.87 bits per heavy atom. The standard InChI is InChI=1S/C29H30ClN7O2/c1-19-7-9-20(10-8-19)16-37-26-27(32-24(15-31)33-28(26)36-17-22(30)11-12-25(36)38)34-29(37)35-13-14-39-18-23(35)21-5-3-2-4-6-21/h2-6,11-12,17,19-20,23H,7-10,13-14,16,18H2,1H3/t19-,20-,23-/m0/s1. The summed E-state index contributed by atoms with van der Waals surface area (Å²) in [5, 5.41) is 10.1. The first-order chi connectivity index (χ1) is 19.0. The number of halogens is 1. The highest BCUT2D eigenvalue weighted by Crippen LogP contribution is 2.36. The fourth-order valence-electron chi connectivity index (χ4n) is 5.81. The number of hydrogen-bond donors (Lipinski definition) is 0. The average Bonchev–Trinajstić information content (AvgIpc) is 3.33. The van der Waals surface area contributed by atoms with Gasteiger partial charge in [0, 0.05) is 25.4 Å². The van der Waals surface area contributed by atoms with Gasteiger partial charge in [-0.05, 0) is 36.3 Å². The molecule has 1 saturated carbocycles. The molecule has 0 spiro atoms. The fourth-order valence-corrected chi connectivity index (χ4v) is 5.97. The number of rotatable bonds is 5. The van der Waals surface area contributed by atoms with E-state index in [2.05, 4.69) is 38.5 Å². The Labute approximate surface area is 231 Å². The van der Waals surface area contributed by atoms with Gasteiger partial charge in [-0.15, -0.1) is 0 Å². The van der Waals surface area contributed by atoms with Gasteiger partial charge < -0.3 is 14.2 Å². The molecule has 1 saturated heterocycles. The molecule has 0 amide bonds. The van der Waals surface area contributed by atoms with Crippen molar-refractivity contribution in [3.63, 3.8) is 0 Å². The number of pyridine rings is 1. The maximum absolute atomic E-state index is 13.0. The van der Waals surface area contributed by atoms with E-state index < -0.39 is 0 Å². The maximum Gasteiger partial charge on any atom is 0.256 e. The molecule has 0 N–H and O–H groups in total. The number of benzene rings is 1. The zero-order valence-electron chi connectivity index (χ0n) is 21.8. The number of nitriles is 1. The molecule has 1 aromatic carbocycles. The van der Waals surface area contributed by atoms with Crippen LogP contribution in [0.4, 0.5) is 5.95 Å². The summed E-state index contributed by atoms with van der Waals surface area (Å²) in [6.45, 7) is 4.78. The number of hydrogen-bond acceptors (Lipinski definition) is 7. The predicted octanol–water partition coefficient (Wildman–Crippen LogP) is 4.91.